The fraction of sp³-hybridized carbons (Fsp3) is 0.762. The van der Waals surface area contributed by atoms with Gasteiger partial charge in [0.2, 0.25) is 29.5 Å². The minimum absolute atomic E-state index is 0.0936. The third-order valence-electron chi connectivity index (χ3n) is 5.37. The molecule has 1 rings (SSSR count). The fourth-order valence-corrected chi connectivity index (χ4v) is 4.54. The molecule has 0 spiro atoms. The number of thioether (sulfide) groups is 1. The molecule has 2 atom stereocenters. The number of imide groups is 1. The van der Waals surface area contributed by atoms with Crippen molar-refractivity contribution in [1.82, 2.24) is 25.8 Å². The summed E-state index contributed by atoms with van der Waals surface area (Å²) in [4.78, 5) is 63.4. The van der Waals surface area contributed by atoms with Crippen LogP contribution in [0.2, 0.25) is 0 Å². The van der Waals surface area contributed by atoms with Crippen molar-refractivity contribution in [3.63, 3.8) is 0 Å². The molecule has 10 nitrogen and oxygen atoms in total. The van der Waals surface area contributed by atoms with Gasteiger partial charge in [0.15, 0.2) is 0 Å². The summed E-state index contributed by atoms with van der Waals surface area (Å²) in [6, 6.07) is -0.859. The van der Waals surface area contributed by atoms with Crippen LogP contribution in [0, 0.1) is 0 Å². The Kier molecular flexibility index (Phi) is 12.9. The van der Waals surface area contributed by atoms with Gasteiger partial charge in [-0.05, 0) is 32.6 Å². The molecule has 1 heterocycles. The minimum Gasteiger partial charge on any atom is -0.359 e. The Morgan fingerprint density at radius 3 is 2.47 bits per heavy atom. The molecule has 0 saturated carbocycles. The number of nitrogens with zero attached hydrogens (tertiary/aromatic N) is 2. The van der Waals surface area contributed by atoms with Gasteiger partial charge in [-0.25, -0.2) is 0 Å². The number of rotatable bonds is 15. The molecule has 1 aliphatic heterocycles. The van der Waals surface area contributed by atoms with Crippen molar-refractivity contribution in [3.05, 3.63) is 0 Å². The van der Waals surface area contributed by atoms with Gasteiger partial charge in [-0.15, -0.1) is 11.8 Å². The fourth-order valence-electron chi connectivity index (χ4n) is 3.36. The molecule has 5 amide bonds. The Labute approximate surface area is 194 Å². The van der Waals surface area contributed by atoms with Crippen LogP contribution in [0.4, 0.5) is 0 Å². The Balaban J connectivity index is 2.39. The van der Waals surface area contributed by atoms with E-state index in [-0.39, 0.29) is 54.0 Å². The van der Waals surface area contributed by atoms with E-state index in [1.807, 2.05) is 0 Å². The Morgan fingerprint density at radius 2 is 1.88 bits per heavy atom. The molecule has 0 radical (unpaired) electrons. The Hall–Kier alpha value is -2.14. The second kappa shape index (κ2) is 14.8. The first kappa shape index (κ1) is 27.9. The van der Waals surface area contributed by atoms with E-state index in [4.69, 9.17) is 0 Å². The van der Waals surface area contributed by atoms with Gasteiger partial charge < -0.3 is 20.9 Å². The van der Waals surface area contributed by atoms with Crippen LogP contribution in [0.25, 0.3) is 0 Å². The molecule has 1 aliphatic rings. The Bertz CT molecular complexity index is 675. The van der Waals surface area contributed by atoms with Crippen LogP contribution in [-0.2, 0) is 24.0 Å². The summed E-state index contributed by atoms with van der Waals surface area (Å²) in [5.74, 6) is -0.312. The summed E-state index contributed by atoms with van der Waals surface area (Å²) in [5, 5.41) is 7.87. The van der Waals surface area contributed by atoms with Crippen molar-refractivity contribution in [2.45, 2.75) is 56.7 Å². The van der Waals surface area contributed by atoms with Crippen molar-refractivity contribution in [3.8, 4) is 0 Å². The van der Waals surface area contributed by atoms with Crippen LogP contribution >= 0.6 is 11.8 Å². The number of nitrogens with one attached hydrogen (secondary N) is 3. The normalized spacial score (nSPS) is 16.8. The maximum atomic E-state index is 12.6. The first-order chi connectivity index (χ1) is 15.3. The van der Waals surface area contributed by atoms with Crippen LogP contribution < -0.4 is 16.0 Å². The predicted octanol–water partition coefficient (Wildman–Crippen LogP) is -0.274. The van der Waals surface area contributed by atoms with Crippen molar-refractivity contribution in [1.29, 1.82) is 0 Å². The smallest absolute Gasteiger partial charge is 0.243 e. The van der Waals surface area contributed by atoms with E-state index in [0.717, 1.165) is 18.6 Å². The monoisotopic (exact) mass is 471 g/mol. The predicted molar refractivity (Wildman–Crippen MR) is 124 cm³/mol. The standard InChI is InChI=1S/C21H37N5O5S/c1-5-26-19(29)14-16(21(26)31)32-12-8-6-7-9-18(28)25(4)15(13-17(27)23-3)20(30)24-11-10-22-2/h15-16,22H,5-14H2,1-4H3,(H,23,27)(H,24,30)/t15-,16?/m0/s1. The molecule has 3 N–H and O–H groups in total. The first-order valence-electron chi connectivity index (χ1n) is 11.1. The van der Waals surface area contributed by atoms with Gasteiger partial charge in [0, 0.05) is 46.6 Å². The van der Waals surface area contributed by atoms with Gasteiger partial charge in [0.1, 0.15) is 6.04 Å². The average Bonchev–Trinajstić information content (AvgIpc) is 3.05. The highest BCUT2D eigenvalue weighted by atomic mass is 32.2. The number of unbranched alkanes of at least 4 members (excludes halogenated alkanes) is 2. The molecule has 182 valence electrons. The van der Waals surface area contributed by atoms with Gasteiger partial charge >= 0.3 is 0 Å². The quantitative estimate of drug-likeness (QED) is 0.221. The van der Waals surface area contributed by atoms with Crippen molar-refractivity contribution >= 4 is 41.3 Å². The molecule has 1 saturated heterocycles. The number of amides is 5. The van der Waals surface area contributed by atoms with Crippen molar-refractivity contribution in [2.75, 3.05) is 46.5 Å². The topological polar surface area (TPSA) is 128 Å². The largest absolute Gasteiger partial charge is 0.359 e. The van der Waals surface area contributed by atoms with Crippen LogP contribution in [0.3, 0.4) is 0 Å². The Morgan fingerprint density at radius 1 is 1.16 bits per heavy atom. The van der Waals surface area contributed by atoms with Gasteiger partial charge in [-0.2, -0.15) is 0 Å². The molecule has 0 bridgehead atoms. The molecule has 0 aromatic rings. The molecule has 1 unspecified atom stereocenters. The lowest BCUT2D eigenvalue weighted by molar-refractivity contribution is -0.141. The lowest BCUT2D eigenvalue weighted by Gasteiger charge is -2.27. The summed E-state index contributed by atoms with van der Waals surface area (Å²) < 4.78 is 0. The second-order valence-electron chi connectivity index (χ2n) is 7.64. The summed E-state index contributed by atoms with van der Waals surface area (Å²) in [6.45, 7) is 3.20. The molecule has 1 fully saturated rings. The van der Waals surface area contributed by atoms with Gasteiger partial charge in [0.05, 0.1) is 11.7 Å². The second-order valence-corrected chi connectivity index (χ2v) is 8.95. The summed E-state index contributed by atoms with van der Waals surface area (Å²) in [5.41, 5.74) is 0. The van der Waals surface area contributed by atoms with Crippen LogP contribution in [0.15, 0.2) is 0 Å². The molecule has 32 heavy (non-hydrogen) atoms. The van der Waals surface area contributed by atoms with E-state index in [0.29, 0.717) is 26.1 Å². The van der Waals surface area contributed by atoms with E-state index < -0.39 is 6.04 Å². The minimum atomic E-state index is -0.859. The highest BCUT2D eigenvalue weighted by Gasteiger charge is 2.37. The zero-order chi connectivity index (χ0) is 24.1. The van der Waals surface area contributed by atoms with E-state index in [9.17, 15) is 24.0 Å². The average molecular weight is 472 g/mol. The first-order valence-corrected chi connectivity index (χ1v) is 12.2. The zero-order valence-corrected chi connectivity index (χ0v) is 20.4. The van der Waals surface area contributed by atoms with Gasteiger partial charge in [-0.3, -0.25) is 28.9 Å². The highest BCUT2D eigenvalue weighted by molar-refractivity contribution is 8.00. The van der Waals surface area contributed by atoms with Crippen molar-refractivity contribution in [2.24, 2.45) is 0 Å². The molecular weight excluding hydrogens is 434 g/mol. The third-order valence-corrected chi connectivity index (χ3v) is 6.66. The van der Waals surface area contributed by atoms with Crippen LogP contribution in [0.1, 0.15) is 45.4 Å². The highest BCUT2D eigenvalue weighted by Crippen LogP contribution is 2.26. The number of carbonyl (C=O) groups is 5. The van der Waals surface area contributed by atoms with Gasteiger partial charge in [-0.1, -0.05) is 6.42 Å². The summed E-state index contributed by atoms with van der Waals surface area (Å²) in [7, 11) is 4.81. The molecule has 0 aromatic carbocycles. The molecule has 11 heteroatoms. The number of likely N-dealkylation sites (tertiary alicyclic amines) is 1. The summed E-state index contributed by atoms with van der Waals surface area (Å²) in [6.07, 6.45) is 2.73. The number of hydrogen-bond acceptors (Lipinski definition) is 7. The van der Waals surface area contributed by atoms with Crippen LogP contribution in [-0.4, -0.2) is 97.2 Å². The number of carbonyl (C=O) groups excluding carboxylic acids is 5. The SMILES string of the molecule is CCN1C(=O)CC(SCCCCCC(=O)N(C)[C@@H](CC(=O)NC)C(=O)NCCNC)C1=O. The lowest BCUT2D eigenvalue weighted by Crippen LogP contribution is -2.50. The molecular formula is C21H37N5O5S. The number of hydrogen-bond donors (Lipinski definition) is 3. The number of likely N-dealkylation sites (N-methyl/N-ethyl adjacent to an activating group) is 2. The van der Waals surface area contributed by atoms with Crippen molar-refractivity contribution < 1.29 is 24.0 Å². The van der Waals surface area contributed by atoms with Crippen LogP contribution in [0.5, 0.6) is 0 Å². The third kappa shape index (κ3) is 8.78. The van der Waals surface area contributed by atoms with Gasteiger partial charge in [0.25, 0.3) is 0 Å². The molecule has 0 aromatic heterocycles. The van der Waals surface area contributed by atoms with E-state index >= 15 is 0 Å². The maximum Gasteiger partial charge on any atom is 0.243 e. The van der Waals surface area contributed by atoms with E-state index in [1.165, 1.54) is 28.6 Å². The van der Waals surface area contributed by atoms with E-state index in [1.54, 1.807) is 21.0 Å². The summed E-state index contributed by atoms with van der Waals surface area (Å²) >= 11 is 1.50. The maximum absolute atomic E-state index is 12.6. The zero-order valence-electron chi connectivity index (χ0n) is 19.6. The lowest BCUT2D eigenvalue weighted by atomic mass is 10.1. The molecule has 0 aliphatic carbocycles. The van der Waals surface area contributed by atoms with E-state index in [2.05, 4.69) is 16.0 Å².